The Balaban J connectivity index is 0.00000140. The summed E-state index contributed by atoms with van der Waals surface area (Å²) in [5.41, 5.74) is 3.76. The highest BCUT2D eigenvalue weighted by atomic mass is 35.5. The summed E-state index contributed by atoms with van der Waals surface area (Å²) in [5, 5.41) is 7.34. The highest BCUT2D eigenvalue weighted by molar-refractivity contribution is 7.98. The Kier molecular flexibility index (Phi) is 8.63. The van der Waals surface area contributed by atoms with Crippen LogP contribution in [0.5, 0.6) is 0 Å². The molecule has 1 saturated heterocycles. The predicted octanol–water partition coefficient (Wildman–Crippen LogP) is 4.18. The zero-order valence-electron chi connectivity index (χ0n) is 15.3. The van der Waals surface area contributed by atoms with Crippen molar-refractivity contribution in [3.05, 3.63) is 59.7 Å². The van der Waals surface area contributed by atoms with E-state index < -0.39 is 0 Å². The minimum Gasteiger partial charge on any atom is -0.350 e. The zero-order valence-corrected chi connectivity index (χ0v) is 17.8. The second-order valence-electron chi connectivity index (χ2n) is 6.51. The van der Waals surface area contributed by atoms with Crippen molar-refractivity contribution in [1.29, 1.82) is 0 Å². The summed E-state index contributed by atoms with van der Waals surface area (Å²) >= 11 is 1.62. The van der Waals surface area contributed by atoms with Crippen LogP contribution in [-0.4, -0.2) is 35.0 Å². The molecule has 0 spiro atoms. The number of thioether (sulfide) groups is 1. The van der Waals surface area contributed by atoms with Crippen LogP contribution in [0.25, 0.3) is 11.0 Å². The van der Waals surface area contributed by atoms with Gasteiger partial charge in [0, 0.05) is 23.9 Å². The number of carbonyl (C=O) groups excluding carboxylic acids is 1. The van der Waals surface area contributed by atoms with E-state index in [2.05, 4.69) is 20.6 Å². The van der Waals surface area contributed by atoms with Crippen molar-refractivity contribution in [2.24, 2.45) is 0 Å². The third kappa shape index (κ3) is 5.41. The maximum absolute atomic E-state index is 12.6. The van der Waals surface area contributed by atoms with Crippen molar-refractivity contribution in [3.8, 4) is 0 Å². The molecule has 2 heterocycles. The molecular formula is C20H24Cl2N4OS. The first-order chi connectivity index (χ1) is 12.8. The normalized spacial score (nSPS) is 15.6. The molecule has 1 unspecified atom stereocenters. The van der Waals surface area contributed by atoms with E-state index >= 15 is 0 Å². The summed E-state index contributed by atoms with van der Waals surface area (Å²) < 4.78 is 0. The molecule has 2 aromatic carbocycles. The number of hydrogen-bond acceptors (Lipinski definition) is 4. The van der Waals surface area contributed by atoms with Gasteiger partial charge in [0.2, 0.25) is 0 Å². The molecule has 1 atom stereocenters. The van der Waals surface area contributed by atoms with Gasteiger partial charge < -0.3 is 15.6 Å². The topological polar surface area (TPSA) is 69.8 Å². The average Bonchev–Trinajstić information content (AvgIpc) is 3.33. The number of nitrogens with one attached hydrogen (secondary N) is 3. The van der Waals surface area contributed by atoms with Crippen molar-refractivity contribution < 1.29 is 4.79 Å². The molecule has 1 aromatic heterocycles. The van der Waals surface area contributed by atoms with Crippen LogP contribution in [0, 0.1) is 0 Å². The Labute approximate surface area is 181 Å². The molecule has 8 heteroatoms. The fraction of sp³-hybridized carbons (Fsp3) is 0.300. The van der Waals surface area contributed by atoms with E-state index in [1.807, 2.05) is 48.5 Å². The summed E-state index contributed by atoms with van der Waals surface area (Å²) in [6.45, 7) is 1.73. The average molecular weight is 439 g/mol. The van der Waals surface area contributed by atoms with Gasteiger partial charge in [-0.05, 0) is 43.1 Å². The molecule has 1 aliphatic rings. The number of H-pyrrole nitrogens is 1. The number of aromatic nitrogens is 2. The van der Waals surface area contributed by atoms with Gasteiger partial charge in [-0.1, -0.05) is 42.1 Å². The molecule has 1 aliphatic heterocycles. The number of carbonyl (C=O) groups is 1. The lowest BCUT2D eigenvalue weighted by molar-refractivity contribution is 0.0949. The number of hydrogen-bond donors (Lipinski definition) is 3. The second-order valence-corrected chi connectivity index (χ2v) is 7.47. The van der Waals surface area contributed by atoms with E-state index in [9.17, 15) is 4.79 Å². The first kappa shape index (κ1) is 22.6. The summed E-state index contributed by atoms with van der Waals surface area (Å²) in [7, 11) is 0. The van der Waals surface area contributed by atoms with E-state index in [1.165, 1.54) is 6.42 Å². The molecule has 0 aliphatic carbocycles. The van der Waals surface area contributed by atoms with Gasteiger partial charge in [0.1, 0.15) is 0 Å². The van der Waals surface area contributed by atoms with E-state index in [0.29, 0.717) is 18.3 Å². The number of imidazole rings is 1. The van der Waals surface area contributed by atoms with E-state index in [4.69, 9.17) is 0 Å². The maximum Gasteiger partial charge on any atom is 0.251 e. The largest absolute Gasteiger partial charge is 0.350 e. The molecule has 4 rings (SSSR count). The Bertz CT molecular complexity index is 879. The van der Waals surface area contributed by atoms with Crippen LogP contribution in [0.3, 0.4) is 0 Å². The van der Waals surface area contributed by atoms with Gasteiger partial charge >= 0.3 is 0 Å². The van der Waals surface area contributed by atoms with Crippen LogP contribution < -0.4 is 10.6 Å². The van der Waals surface area contributed by atoms with Crippen LogP contribution in [0.4, 0.5) is 0 Å². The molecule has 0 radical (unpaired) electrons. The lowest BCUT2D eigenvalue weighted by Crippen LogP contribution is -2.37. The zero-order chi connectivity index (χ0) is 17.8. The molecule has 3 N–H and O–H groups in total. The number of para-hydroxylation sites is 2. The van der Waals surface area contributed by atoms with Gasteiger partial charge in [-0.25, -0.2) is 4.98 Å². The quantitative estimate of drug-likeness (QED) is 0.504. The number of fused-ring (bicyclic) bond motifs is 1. The van der Waals surface area contributed by atoms with Gasteiger partial charge in [-0.15, -0.1) is 24.8 Å². The van der Waals surface area contributed by atoms with Gasteiger partial charge in [-0.3, -0.25) is 4.79 Å². The first-order valence-electron chi connectivity index (χ1n) is 8.96. The molecule has 5 nitrogen and oxygen atoms in total. The number of benzene rings is 2. The Morgan fingerprint density at radius 2 is 1.93 bits per heavy atom. The van der Waals surface area contributed by atoms with Crippen molar-refractivity contribution in [3.63, 3.8) is 0 Å². The minimum absolute atomic E-state index is 0. The van der Waals surface area contributed by atoms with Crippen LogP contribution in [0.1, 0.15) is 28.8 Å². The number of amides is 1. The standard InChI is InChI=1S/C20H22N4OS.2ClH/c25-19(22-12-15-7-5-11-21-15)16-8-2-1-6-14(16)13-26-20-23-17-9-3-4-10-18(17)24-20;;/h1-4,6,8-10,15,21H,5,7,11-13H2,(H,22,25)(H,23,24);2*1H. The lowest BCUT2D eigenvalue weighted by Gasteiger charge is -2.13. The molecule has 0 bridgehead atoms. The third-order valence-corrected chi connectivity index (χ3v) is 5.59. The number of aromatic amines is 1. The molecule has 28 heavy (non-hydrogen) atoms. The van der Waals surface area contributed by atoms with E-state index in [-0.39, 0.29) is 30.7 Å². The van der Waals surface area contributed by atoms with Crippen molar-refractivity contribution in [2.45, 2.75) is 29.8 Å². The second kappa shape index (κ2) is 10.7. The Morgan fingerprint density at radius 1 is 1.14 bits per heavy atom. The molecule has 0 saturated carbocycles. The third-order valence-electron chi connectivity index (χ3n) is 4.67. The lowest BCUT2D eigenvalue weighted by atomic mass is 10.1. The van der Waals surface area contributed by atoms with Crippen molar-refractivity contribution >= 4 is 53.5 Å². The number of nitrogens with zero attached hydrogens (tertiary/aromatic N) is 1. The van der Waals surface area contributed by atoms with Crippen LogP contribution in [0.15, 0.2) is 53.7 Å². The van der Waals surface area contributed by atoms with Crippen molar-refractivity contribution in [2.75, 3.05) is 13.1 Å². The number of halogens is 2. The fourth-order valence-electron chi connectivity index (χ4n) is 3.25. The van der Waals surface area contributed by atoms with Crippen LogP contribution in [0.2, 0.25) is 0 Å². The van der Waals surface area contributed by atoms with Gasteiger partial charge in [0.15, 0.2) is 5.16 Å². The Morgan fingerprint density at radius 3 is 2.71 bits per heavy atom. The highest BCUT2D eigenvalue weighted by Gasteiger charge is 2.17. The molecule has 150 valence electrons. The predicted molar refractivity (Wildman–Crippen MR) is 120 cm³/mol. The number of rotatable bonds is 6. The minimum atomic E-state index is -0.000457. The molecule has 3 aromatic rings. The van der Waals surface area contributed by atoms with Crippen molar-refractivity contribution in [1.82, 2.24) is 20.6 Å². The molecular weight excluding hydrogens is 415 g/mol. The maximum atomic E-state index is 12.6. The smallest absolute Gasteiger partial charge is 0.251 e. The van der Waals surface area contributed by atoms with Gasteiger partial charge in [0.25, 0.3) is 5.91 Å². The summed E-state index contributed by atoms with van der Waals surface area (Å²) in [5.74, 6) is 0.699. The monoisotopic (exact) mass is 438 g/mol. The van der Waals surface area contributed by atoms with Crippen LogP contribution in [-0.2, 0) is 5.75 Å². The van der Waals surface area contributed by atoms with Gasteiger partial charge in [-0.2, -0.15) is 0 Å². The van der Waals surface area contributed by atoms with E-state index in [0.717, 1.165) is 40.3 Å². The fourth-order valence-corrected chi connectivity index (χ4v) is 4.14. The summed E-state index contributed by atoms with van der Waals surface area (Å²) in [4.78, 5) is 20.5. The SMILES string of the molecule is Cl.Cl.O=C(NCC1CCCN1)c1ccccc1CSc1nc2ccccc2[nH]1. The molecule has 1 amide bonds. The highest BCUT2D eigenvalue weighted by Crippen LogP contribution is 2.24. The van der Waals surface area contributed by atoms with Crippen LogP contribution >= 0.6 is 36.6 Å². The van der Waals surface area contributed by atoms with E-state index in [1.54, 1.807) is 11.8 Å². The first-order valence-corrected chi connectivity index (χ1v) is 9.95. The Hall–Kier alpha value is -1.73. The van der Waals surface area contributed by atoms with Gasteiger partial charge in [0.05, 0.1) is 11.0 Å². The summed E-state index contributed by atoms with van der Waals surface area (Å²) in [6.07, 6.45) is 2.31. The summed E-state index contributed by atoms with van der Waals surface area (Å²) in [6, 6.07) is 16.2. The molecule has 1 fully saturated rings.